The Labute approximate surface area is 123 Å². The van der Waals surface area contributed by atoms with Crippen molar-refractivity contribution in [3.63, 3.8) is 0 Å². The van der Waals surface area contributed by atoms with E-state index in [1.165, 1.54) is 27.9 Å². The summed E-state index contributed by atoms with van der Waals surface area (Å²) in [5.74, 6) is -1.43. The predicted octanol–water partition coefficient (Wildman–Crippen LogP) is -0.254. The highest BCUT2D eigenvalue weighted by Crippen LogP contribution is 2.26. The summed E-state index contributed by atoms with van der Waals surface area (Å²) in [4.78, 5) is 33.9. The maximum atomic E-state index is 11.4. The van der Waals surface area contributed by atoms with Gasteiger partial charge in [0.2, 0.25) is 5.91 Å². The standard InChI is InChI=1S/C13H21NO7/c1-6-11(20-8(3)16)10(14-7(2)15)12(21-9(4)17)13(18-5)19-6/h6,10-13H,1-5H3,(H,14,15)/t6-,10+,11-,12-,13+/m0/s1. The van der Waals surface area contributed by atoms with Crippen molar-refractivity contribution < 1.29 is 33.3 Å². The minimum Gasteiger partial charge on any atom is -0.457 e. The molecule has 0 spiro atoms. The van der Waals surface area contributed by atoms with Gasteiger partial charge in [-0.05, 0) is 6.92 Å². The molecule has 0 aromatic heterocycles. The maximum Gasteiger partial charge on any atom is 0.303 e. The third-order valence-corrected chi connectivity index (χ3v) is 2.99. The highest BCUT2D eigenvalue weighted by Gasteiger charge is 2.48. The molecule has 0 aromatic rings. The molecule has 21 heavy (non-hydrogen) atoms. The summed E-state index contributed by atoms with van der Waals surface area (Å²) in [5.41, 5.74) is 0. The second-order valence-corrected chi connectivity index (χ2v) is 4.82. The van der Waals surface area contributed by atoms with E-state index in [0.29, 0.717) is 0 Å². The van der Waals surface area contributed by atoms with Crippen molar-refractivity contribution in [3.8, 4) is 0 Å². The molecule has 0 saturated carbocycles. The number of hydrogen-bond acceptors (Lipinski definition) is 7. The van der Waals surface area contributed by atoms with Gasteiger partial charge in [0, 0.05) is 27.9 Å². The lowest BCUT2D eigenvalue weighted by atomic mass is 9.96. The number of nitrogens with one attached hydrogen (secondary N) is 1. The van der Waals surface area contributed by atoms with Gasteiger partial charge in [-0.1, -0.05) is 0 Å². The molecule has 0 aromatic carbocycles. The van der Waals surface area contributed by atoms with Crippen LogP contribution in [0, 0.1) is 0 Å². The summed E-state index contributed by atoms with van der Waals surface area (Å²) >= 11 is 0. The first-order valence-electron chi connectivity index (χ1n) is 6.56. The SMILES string of the molecule is CO[C@@H]1O[C@@H](C)[C@H](OC(C)=O)[C@@H](NC(C)=O)[C@@H]1OC(C)=O. The number of methoxy groups -OCH3 is 1. The molecule has 120 valence electrons. The molecule has 8 heteroatoms. The van der Waals surface area contributed by atoms with Crippen LogP contribution in [0.2, 0.25) is 0 Å². The van der Waals surface area contributed by atoms with Gasteiger partial charge < -0.3 is 24.3 Å². The third kappa shape index (κ3) is 4.68. The van der Waals surface area contributed by atoms with E-state index in [2.05, 4.69) is 5.32 Å². The summed E-state index contributed by atoms with van der Waals surface area (Å²) in [6.45, 7) is 5.48. The molecule has 5 atom stereocenters. The van der Waals surface area contributed by atoms with Gasteiger partial charge in [0.15, 0.2) is 18.5 Å². The van der Waals surface area contributed by atoms with Crippen molar-refractivity contribution in [2.45, 2.75) is 58.3 Å². The van der Waals surface area contributed by atoms with Crippen LogP contribution >= 0.6 is 0 Å². The molecule has 1 heterocycles. The van der Waals surface area contributed by atoms with E-state index in [-0.39, 0.29) is 5.91 Å². The smallest absolute Gasteiger partial charge is 0.303 e. The minimum absolute atomic E-state index is 0.349. The van der Waals surface area contributed by atoms with Crippen LogP contribution in [0.1, 0.15) is 27.7 Å². The van der Waals surface area contributed by atoms with E-state index in [0.717, 1.165) is 0 Å². The fraction of sp³-hybridized carbons (Fsp3) is 0.769. The lowest BCUT2D eigenvalue weighted by Crippen LogP contribution is -2.65. The molecule has 0 radical (unpaired) electrons. The van der Waals surface area contributed by atoms with E-state index in [4.69, 9.17) is 18.9 Å². The lowest BCUT2D eigenvalue weighted by Gasteiger charge is -2.43. The van der Waals surface area contributed by atoms with Gasteiger partial charge in [0.05, 0.1) is 6.10 Å². The van der Waals surface area contributed by atoms with Gasteiger partial charge in [0.25, 0.3) is 0 Å². The second-order valence-electron chi connectivity index (χ2n) is 4.82. The topological polar surface area (TPSA) is 100 Å². The lowest BCUT2D eigenvalue weighted by molar-refractivity contribution is -0.270. The number of esters is 2. The second kappa shape index (κ2) is 7.37. The largest absolute Gasteiger partial charge is 0.457 e. The van der Waals surface area contributed by atoms with Crippen molar-refractivity contribution in [1.29, 1.82) is 0 Å². The van der Waals surface area contributed by atoms with Gasteiger partial charge >= 0.3 is 11.9 Å². The Morgan fingerprint density at radius 3 is 1.95 bits per heavy atom. The Bertz CT molecular complexity index is 411. The molecule has 1 amide bonds. The fourth-order valence-electron chi connectivity index (χ4n) is 2.28. The number of amides is 1. The van der Waals surface area contributed by atoms with Crippen LogP contribution in [0.25, 0.3) is 0 Å². The van der Waals surface area contributed by atoms with Crippen LogP contribution in [0.15, 0.2) is 0 Å². The first-order valence-corrected chi connectivity index (χ1v) is 6.56. The van der Waals surface area contributed by atoms with Gasteiger partial charge in [0.1, 0.15) is 6.04 Å². The number of hydrogen-bond donors (Lipinski definition) is 1. The van der Waals surface area contributed by atoms with E-state index in [1.807, 2.05) is 0 Å². The van der Waals surface area contributed by atoms with Crippen molar-refractivity contribution in [1.82, 2.24) is 5.32 Å². The molecule has 1 fully saturated rings. The number of rotatable bonds is 4. The molecule has 1 N–H and O–H groups in total. The summed E-state index contributed by atoms with van der Waals surface area (Å²) in [6, 6.07) is -0.760. The summed E-state index contributed by atoms with van der Waals surface area (Å²) in [6.07, 6.45) is -3.12. The Morgan fingerprint density at radius 1 is 1.00 bits per heavy atom. The van der Waals surface area contributed by atoms with E-state index in [9.17, 15) is 14.4 Å². The zero-order valence-electron chi connectivity index (χ0n) is 12.7. The molecule has 1 saturated heterocycles. The van der Waals surface area contributed by atoms with Gasteiger partial charge in [-0.3, -0.25) is 14.4 Å². The zero-order valence-corrected chi connectivity index (χ0v) is 12.7. The van der Waals surface area contributed by atoms with Crippen molar-refractivity contribution in [2.24, 2.45) is 0 Å². The summed E-state index contributed by atoms with van der Waals surface area (Å²) in [5, 5.41) is 2.63. The average molecular weight is 303 g/mol. The number of ether oxygens (including phenoxy) is 4. The Hall–Kier alpha value is -1.67. The zero-order chi connectivity index (χ0) is 16.2. The average Bonchev–Trinajstić information content (AvgIpc) is 2.35. The van der Waals surface area contributed by atoms with Gasteiger partial charge in [-0.25, -0.2) is 0 Å². The predicted molar refractivity (Wildman–Crippen MR) is 70.1 cm³/mol. The molecule has 1 rings (SSSR count). The van der Waals surface area contributed by atoms with Crippen molar-refractivity contribution in [3.05, 3.63) is 0 Å². The molecule has 1 aliphatic heterocycles. The van der Waals surface area contributed by atoms with Crippen molar-refractivity contribution in [2.75, 3.05) is 7.11 Å². The Kier molecular flexibility index (Phi) is 6.10. The van der Waals surface area contributed by atoms with Crippen LogP contribution in [0.4, 0.5) is 0 Å². The highest BCUT2D eigenvalue weighted by molar-refractivity contribution is 5.74. The van der Waals surface area contributed by atoms with E-state index < -0.39 is 42.6 Å². The van der Waals surface area contributed by atoms with Crippen LogP contribution in [-0.4, -0.2) is 55.6 Å². The normalized spacial score (nSPS) is 32.1. The summed E-state index contributed by atoms with van der Waals surface area (Å²) < 4.78 is 21.1. The third-order valence-electron chi connectivity index (χ3n) is 2.99. The van der Waals surface area contributed by atoms with Gasteiger partial charge in [-0.2, -0.15) is 0 Å². The molecule has 8 nitrogen and oxygen atoms in total. The molecule has 0 unspecified atom stereocenters. The Balaban J connectivity index is 3.08. The van der Waals surface area contributed by atoms with Crippen molar-refractivity contribution >= 4 is 17.8 Å². The number of carbonyl (C=O) groups excluding carboxylic acids is 3. The molecule has 0 aliphatic carbocycles. The molecular weight excluding hydrogens is 282 g/mol. The first kappa shape index (κ1) is 17.4. The quantitative estimate of drug-likeness (QED) is 0.714. The van der Waals surface area contributed by atoms with Crippen LogP contribution in [-0.2, 0) is 33.3 Å². The Morgan fingerprint density at radius 2 is 1.52 bits per heavy atom. The molecular formula is C13H21NO7. The first-order chi connectivity index (χ1) is 9.76. The summed E-state index contributed by atoms with van der Waals surface area (Å²) in [7, 11) is 1.39. The van der Waals surface area contributed by atoms with Gasteiger partial charge in [-0.15, -0.1) is 0 Å². The van der Waals surface area contributed by atoms with Crippen LogP contribution in [0.3, 0.4) is 0 Å². The highest BCUT2D eigenvalue weighted by atomic mass is 16.7. The van der Waals surface area contributed by atoms with Crippen LogP contribution < -0.4 is 5.32 Å². The van der Waals surface area contributed by atoms with E-state index >= 15 is 0 Å². The maximum absolute atomic E-state index is 11.4. The monoisotopic (exact) mass is 303 g/mol. The fourth-order valence-corrected chi connectivity index (χ4v) is 2.28. The number of carbonyl (C=O) groups is 3. The molecule has 1 aliphatic rings. The van der Waals surface area contributed by atoms with Crippen LogP contribution in [0.5, 0.6) is 0 Å². The molecule has 0 bridgehead atoms. The van der Waals surface area contributed by atoms with E-state index in [1.54, 1.807) is 6.92 Å². The minimum atomic E-state index is -0.919.